The zero-order chi connectivity index (χ0) is 22.0. The van der Waals surface area contributed by atoms with Crippen molar-refractivity contribution >= 4 is 52.2 Å². The number of nitrogens with zero attached hydrogens (tertiary/aromatic N) is 4. The Kier molecular flexibility index (Phi) is 6.17. The molecule has 0 spiro atoms. The first kappa shape index (κ1) is 21.2. The van der Waals surface area contributed by atoms with Crippen molar-refractivity contribution in [2.45, 2.75) is 6.54 Å². The fourth-order valence-corrected chi connectivity index (χ4v) is 3.91. The van der Waals surface area contributed by atoms with Gasteiger partial charge in [0, 0.05) is 41.2 Å². The van der Waals surface area contributed by atoms with Gasteiger partial charge in [-0.3, -0.25) is 9.48 Å². The van der Waals surface area contributed by atoms with Gasteiger partial charge in [0.1, 0.15) is 11.6 Å². The third-order valence-corrected chi connectivity index (χ3v) is 5.80. The summed E-state index contributed by atoms with van der Waals surface area (Å²) in [6, 6.07) is 7.79. The largest absolute Gasteiger partial charge is 0.347 e. The lowest BCUT2D eigenvalue weighted by atomic mass is 10.2. The molecule has 0 bridgehead atoms. The SMILES string of the molecule is Cn1nccc1Nc1ncc(Cl)c(-c2csc(C(=O)NCc3ccc(Cl)cc3F)c2)n1. The zero-order valence-corrected chi connectivity index (χ0v) is 18.4. The number of anilines is 2. The van der Waals surface area contributed by atoms with Crippen LogP contribution in [-0.4, -0.2) is 25.7 Å². The Morgan fingerprint density at radius 3 is 2.84 bits per heavy atom. The summed E-state index contributed by atoms with van der Waals surface area (Å²) in [5.74, 6) is 0.261. The highest BCUT2D eigenvalue weighted by atomic mass is 35.5. The molecule has 4 aromatic rings. The molecule has 0 radical (unpaired) electrons. The van der Waals surface area contributed by atoms with E-state index in [1.165, 1.54) is 29.7 Å². The lowest BCUT2D eigenvalue weighted by Gasteiger charge is -2.07. The summed E-state index contributed by atoms with van der Waals surface area (Å²) in [4.78, 5) is 21.6. The lowest BCUT2D eigenvalue weighted by molar-refractivity contribution is 0.0954. The Labute approximate surface area is 190 Å². The maximum absolute atomic E-state index is 13.9. The molecule has 0 aliphatic rings. The normalized spacial score (nSPS) is 10.8. The first-order chi connectivity index (χ1) is 14.9. The van der Waals surface area contributed by atoms with Crippen molar-refractivity contribution in [3.8, 4) is 11.3 Å². The van der Waals surface area contributed by atoms with Crippen LogP contribution in [-0.2, 0) is 13.6 Å². The van der Waals surface area contributed by atoms with Crippen molar-refractivity contribution in [3.05, 3.63) is 74.4 Å². The molecule has 0 unspecified atom stereocenters. The van der Waals surface area contributed by atoms with Crippen LogP contribution in [0.15, 0.2) is 48.1 Å². The van der Waals surface area contributed by atoms with Gasteiger partial charge in [0.15, 0.2) is 0 Å². The number of halogens is 3. The number of thiophene rings is 1. The fourth-order valence-electron chi connectivity index (χ4n) is 2.75. The van der Waals surface area contributed by atoms with Gasteiger partial charge in [-0.15, -0.1) is 11.3 Å². The first-order valence-corrected chi connectivity index (χ1v) is 10.6. The Morgan fingerprint density at radius 1 is 1.26 bits per heavy atom. The molecule has 11 heteroatoms. The van der Waals surface area contributed by atoms with Gasteiger partial charge >= 0.3 is 0 Å². The molecule has 0 aliphatic carbocycles. The van der Waals surface area contributed by atoms with E-state index in [2.05, 4.69) is 25.7 Å². The topological polar surface area (TPSA) is 84.7 Å². The molecule has 0 saturated carbocycles. The second kappa shape index (κ2) is 9.01. The van der Waals surface area contributed by atoms with Gasteiger partial charge < -0.3 is 10.6 Å². The van der Waals surface area contributed by atoms with Crippen molar-refractivity contribution < 1.29 is 9.18 Å². The summed E-state index contributed by atoms with van der Waals surface area (Å²) in [5.41, 5.74) is 1.51. The number of aromatic nitrogens is 4. The van der Waals surface area contributed by atoms with Gasteiger partial charge in [-0.1, -0.05) is 29.3 Å². The zero-order valence-electron chi connectivity index (χ0n) is 16.1. The van der Waals surface area contributed by atoms with Crippen LogP contribution in [0, 0.1) is 5.82 Å². The monoisotopic (exact) mass is 476 g/mol. The van der Waals surface area contributed by atoms with Crippen LogP contribution in [0.2, 0.25) is 10.0 Å². The second-order valence-electron chi connectivity index (χ2n) is 6.47. The average Bonchev–Trinajstić information content (AvgIpc) is 3.38. The van der Waals surface area contributed by atoms with E-state index in [1.807, 2.05) is 0 Å². The molecule has 3 heterocycles. The minimum atomic E-state index is -0.471. The molecule has 158 valence electrons. The number of carbonyl (C=O) groups excluding carboxylic acids is 1. The quantitative estimate of drug-likeness (QED) is 0.406. The molecule has 31 heavy (non-hydrogen) atoms. The number of aryl methyl sites for hydroxylation is 1. The molecule has 3 aromatic heterocycles. The summed E-state index contributed by atoms with van der Waals surface area (Å²) < 4.78 is 15.5. The maximum Gasteiger partial charge on any atom is 0.261 e. The number of rotatable bonds is 6. The Hall–Kier alpha value is -3.01. The van der Waals surface area contributed by atoms with E-state index in [0.717, 1.165) is 0 Å². The second-order valence-corrected chi connectivity index (χ2v) is 8.23. The first-order valence-electron chi connectivity index (χ1n) is 8.99. The summed E-state index contributed by atoms with van der Waals surface area (Å²) in [5, 5.41) is 12.3. The van der Waals surface area contributed by atoms with Gasteiger partial charge in [0.2, 0.25) is 5.95 Å². The van der Waals surface area contributed by atoms with Crippen LogP contribution in [0.25, 0.3) is 11.3 Å². The number of amides is 1. The molecule has 0 fully saturated rings. The fraction of sp³-hybridized carbons (Fsp3) is 0.100. The van der Waals surface area contributed by atoms with Crippen molar-refractivity contribution in [3.63, 3.8) is 0 Å². The molecule has 0 saturated heterocycles. The molecule has 0 atom stereocenters. The van der Waals surface area contributed by atoms with Crippen LogP contribution < -0.4 is 10.6 Å². The van der Waals surface area contributed by atoms with E-state index in [9.17, 15) is 9.18 Å². The van der Waals surface area contributed by atoms with Crippen molar-refractivity contribution in [2.75, 3.05) is 5.32 Å². The predicted molar refractivity (Wildman–Crippen MR) is 119 cm³/mol. The molecule has 1 aromatic carbocycles. The smallest absolute Gasteiger partial charge is 0.261 e. The minimum Gasteiger partial charge on any atom is -0.347 e. The van der Waals surface area contributed by atoms with Crippen LogP contribution in [0.3, 0.4) is 0 Å². The summed E-state index contributed by atoms with van der Waals surface area (Å²) >= 11 is 13.3. The van der Waals surface area contributed by atoms with Crippen LogP contribution >= 0.6 is 34.5 Å². The molecule has 2 N–H and O–H groups in total. The van der Waals surface area contributed by atoms with E-state index >= 15 is 0 Å². The van der Waals surface area contributed by atoms with E-state index in [0.29, 0.717) is 43.5 Å². The lowest BCUT2D eigenvalue weighted by Crippen LogP contribution is -2.22. The predicted octanol–water partition coefficient (Wildman–Crippen LogP) is 5.06. The van der Waals surface area contributed by atoms with Gasteiger partial charge in [0.25, 0.3) is 5.91 Å². The Morgan fingerprint density at radius 2 is 2.10 bits per heavy atom. The number of hydrogen-bond donors (Lipinski definition) is 2. The Balaban J connectivity index is 1.49. The number of hydrogen-bond acceptors (Lipinski definition) is 6. The van der Waals surface area contributed by atoms with Crippen LogP contribution in [0.1, 0.15) is 15.2 Å². The number of carbonyl (C=O) groups is 1. The molecular weight excluding hydrogens is 462 g/mol. The Bertz CT molecular complexity index is 1260. The van der Waals surface area contributed by atoms with Crippen molar-refractivity contribution in [1.29, 1.82) is 0 Å². The highest BCUT2D eigenvalue weighted by Gasteiger charge is 2.15. The van der Waals surface area contributed by atoms with Gasteiger partial charge in [0.05, 0.1) is 28.0 Å². The number of nitrogens with one attached hydrogen (secondary N) is 2. The minimum absolute atomic E-state index is 0.0438. The average molecular weight is 477 g/mol. The summed E-state index contributed by atoms with van der Waals surface area (Å²) in [6.07, 6.45) is 3.14. The highest BCUT2D eigenvalue weighted by molar-refractivity contribution is 7.12. The van der Waals surface area contributed by atoms with Crippen LogP contribution in [0.5, 0.6) is 0 Å². The van der Waals surface area contributed by atoms with Crippen molar-refractivity contribution in [2.24, 2.45) is 7.05 Å². The summed E-state index contributed by atoms with van der Waals surface area (Å²) in [6.45, 7) is 0.0438. The highest BCUT2D eigenvalue weighted by Crippen LogP contribution is 2.30. The molecule has 1 amide bonds. The van der Waals surface area contributed by atoms with E-state index in [-0.39, 0.29) is 12.5 Å². The van der Waals surface area contributed by atoms with Gasteiger partial charge in [-0.25, -0.2) is 14.4 Å². The third kappa shape index (κ3) is 4.84. The van der Waals surface area contributed by atoms with Crippen molar-refractivity contribution in [1.82, 2.24) is 25.1 Å². The van der Waals surface area contributed by atoms with E-state index in [4.69, 9.17) is 23.2 Å². The van der Waals surface area contributed by atoms with Gasteiger partial charge in [-0.2, -0.15) is 5.10 Å². The van der Waals surface area contributed by atoms with Gasteiger partial charge in [-0.05, 0) is 18.2 Å². The van der Waals surface area contributed by atoms with E-state index < -0.39 is 5.82 Å². The standard InChI is InChI=1S/C20H15Cl2FN6OS/c1-29-17(4-5-26-29)27-20-25-9-14(22)18(28-20)12-6-16(31-10-12)19(30)24-8-11-2-3-13(21)7-15(11)23/h2-7,9-10H,8H2,1H3,(H,24,30)(H,25,27,28). The van der Waals surface area contributed by atoms with E-state index in [1.54, 1.807) is 41.5 Å². The molecule has 0 aliphatic heterocycles. The summed E-state index contributed by atoms with van der Waals surface area (Å²) in [7, 11) is 1.79. The van der Waals surface area contributed by atoms with Crippen LogP contribution in [0.4, 0.5) is 16.2 Å². The molecule has 4 rings (SSSR count). The molecular formula is C20H15Cl2FN6OS. The number of benzene rings is 1. The molecule has 7 nitrogen and oxygen atoms in total. The maximum atomic E-state index is 13.9. The third-order valence-electron chi connectivity index (χ3n) is 4.36.